The van der Waals surface area contributed by atoms with Crippen molar-refractivity contribution in [1.82, 2.24) is 5.32 Å². The van der Waals surface area contributed by atoms with Crippen molar-refractivity contribution < 1.29 is 26.7 Å². The highest BCUT2D eigenvalue weighted by Crippen LogP contribution is 2.24. The first-order valence-corrected chi connectivity index (χ1v) is 6.00. The van der Waals surface area contributed by atoms with E-state index in [-0.39, 0.29) is 6.04 Å². The molecule has 0 amide bonds. The summed E-state index contributed by atoms with van der Waals surface area (Å²) >= 11 is 0. The number of nitrogens with one attached hydrogen (secondary N) is 1. The minimum Gasteiger partial charge on any atom is -0.369 e. The first kappa shape index (κ1) is 15.6. The molecule has 1 aliphatic carbocycles. The van der Waals surface area contributed by atoms with Crippen LogP contribution in [0.4, 0.5) is 22.0 Å². The van der Waals surface area contributed by atoms with Crippen molar-refractivity contribution in [1.29, 1.82) is 0 Å². The van der Waals surface area contributed by atoms with Crippen molar-refractivity contribution in [3.05, 3.63) is 0 Å². The summed E-state index contributed by atoms with van der Waals surface area (Å²) in [6.07, 6.45) is -5.01. The molecule has 0 heterocycles. The van der Waals surface area contributed by atoms with Crippen LogP contribution < -0.4 is 5.32 Å². The van der Waals surface area contributed by atoms with Crippen LogP contribution in [-0.4, -0.2) is 37.4 Å². The second kappa shape index (κ2) is 6.65. The Kier molecular flexibility index (Phi) is 5.78. The molecule has 0 aromatic carbocycles. The van der Waals surface area contributed by atoms with Gasteiger partial charge in [-0.05, 0) is 32.6 Å². The molecule has 0 aliphatic heterocycles. The van der Waals surface area contributed by atoms with E-state index in [1.165, 1.54) is 6.92 Å². The molecule has 0 aromatic heterocycles. The summed E-state index contributed by atoms with van der Waals surface area (Å²) in [5.74, 6) is 0. The van der Waals surface area contributed by atoms with E-state index >= 15 is 0 Å². The largest absolute Gasteiger partial charge is 0.411 e. The number of hydrogen-bond donors (Lipinski definition) is 1. The highest BCUT2D eigenvalue weighted by Gasteiger charge is 2.31. The van der Waals surface area contributed by atoms with Gasteiger partial charge in [0.05, 0.1) is 12.1 Å². The molecular formula is C11H18F5NO. The zero-order valence-electron chi connectivity index (χ0n) is 10.1. The number of rotatable bonds is 5. The Hall–Kier alpha value is -0.430. The normalized spacial score (nSPS) is 27.5. The van der Waals surface area contributed by atoms with Crippen molar-refractivity contribution in [2.75, 3.05) is 6.61 Å². The summed E-state index contributed by atoms with van der Waals surface area (Å²) in [4.78, 5) is 0. The van der Waals surface area contributed by atoms with Gasteiger partial charge in [-0.3, -0.25) is 0 Å². The number of halogens is 5. The van der Waals surface area contributed by atoms with Gasteiger partial charge in [-0.15, -0.1) is 0 Å². The molecule has 1 N–H and O–H groups in total. The third-order valence-corrected chi connectivity index (χ3v) is 2.99. The highest BCUT2D eigenvalue weighted by atomic mass is 19.4. The van der Waals surface area contributed by atoms with Gasteiger partial charge in [0.2, 0.25) is 0 Å². The Morgan fingerprint density at radius 3 is 2.50 bits per heavy atom. The van der Waals surface area contributed by atoms with Gasteiger partial charge < -0.3 is 10.1 Å². The smallest absolute Gasteiger partial charge is 0.369 e. The Bertz CT molecular complexity index is 246. The lowest BCUT2D eigenvalue weighted by molar-refractivity contribution is -0.188. The van der Waals surface area contributed by atoms with Gasteiger partial charge in [-0.2, -0.15) is 13.2 Å². The molecule has 0 radical (unpaired) electrons. The fourth-order valence-electron chi connectivity index (χ4n) is 2.10. The summed E-state index contributed by atoms with van der Waals surface area (Å²) in [5, 5.41) is 2.73. The average molecular weight is 275 g/mol. The van der Waals surface area contributed by atoms with E-state index in [9.17, 15) is 22.0 Å². The van der Waals surface area contributed by atoms with Gasteiger partial charge in [-0.1, -0.05) is 0 Å². The molecule has 0 bridgehead atoms. The van der Waals surface area contributed by atoms with Crippen LogP contribution in [0.5, 0.6) is 0 Å². The van der Waals surface area contributed by atoms with Crippen molar-refractivity contribution in [2.24, 2.45) is 0 Å². The van der Waals surface area contributed by atoms with Crippen LogP contribution in [0.2, 0.25) is 0 Å². The summed E-state index contributed by atoms with van der Waals surface area (Å²) in [6, 6.07) is -1.14. The molecule has 3 unspecified atom stereocenters. The quantitative estimate of drug-likeness (QED) is 0.778. The van der Waals surface area contributed by atoms with Gasteiger partial charge in [0.15, 0.2) is 0 Å². The van der Waals surface area contributed by atoms with E-state index in [4.69, 9.17) is 4.74 Å². The summed E-state index contributed by atoms with van der Waals surface area (Å²) in [5.41, 5.74) is 0. The monoisotopic (exact) mass is 275 g/mol. The molecule has 7 heteroatoms. The number of ether oxygens (including phenoxy) is 1. The average Bonchev–Trinajstić information content (AvgIpc) is 2.26. The fourth-order valence-corrected chi connectivity index (χ4v) is 2.10. The van der Waals surface area contributed by atoms with Crippen LogP contribution in [0, 0.1) is 0 Å². The Balaban J connectivity index is 2.32. The standard InChI is InChI=1S/C11H18F5NO/c1-7(10(12)13)17-8-3-2-4-9(5-8)18-6-11(14,15)16/h7-10,17H,2-6H2,1H3. The Morgan fingerprint density at radius 1 is 1.28 bits per heavy atom. The second-order valence-corrected chi connectivity index (χ2v) is 4.70. The fraction of sp³-hybridized carbons (Fsp3) is 1.00. The van der Waals surface area contributed by atoms with E-state index in [1.807, 2.05) is 0 Å². The second-order valence-electron chi connectivity index (χ2n) is 4.70. The molecule has 1 fully saturated rings. The van der Waals surface area contributed by atoms with Crippen LogP contribution in [0.25, 0.3) is 0 Å². The minimum atomic E-state index is -4.34. The molecule has 1 rings (SSSR count). The Labute approximate surface area is 103 Å². The van der Waals surface area contributed by atoms with Gasteiger partial charge in [0, 0.05) is 6.04 Å². The summed E-state index contributed by atoms with van der Waals surface area (Å²) < 4.78 is 65.4. The third kappa shape index (κ3) is 5.95. The maximum absolute atomic E-state index is 12.3. The molecule has 2 nitrogen and oxygen atoms in total. The van der Waals surface area contributed by atoms with Crippen molar-refractivity contribution in [3.8, 4) is 0 Å². The van der Waals surface area contributed by atoms with Crippen LogP contribution in [0.1, 0.15) is 32.6 Å². The maximum atomic E-state index is 12.3. The molecule has 0 aromatic rings. The van der Waals surface area contributed by atoms with Crippen molar-refractivity contribution in [3.63, 3.8) is 0 Å². The number of hydrogen-bond acceptors (Lipinski definition) is 2. The highest BCUT2D eigenvalue weighted by molar-refractivity contribution is 4.81. The van der Waals surface area contributed by atoms with Gasteiger partial charge >= 0.3 is 6.18 Å². The van der Waals surface area contributed by atoms with E-state index in [0.717, 1.165) is 0 Å². The zero-order valence-corrected chi connectivity index (χ0v) is 10.1. The molecule has 18 heavy (non-hydrogen) atoms. The molecular weight excluding hydrogens is 257 g/mol. The van der Waals surface area contributed by atoms with Crippen LogP contribution in [0.15, 0.2) is 0 Å². The van der Waals surface area contributed by atoms with Gasteiger partial charge in [0.25, 0.3) is 6.43 Å². The maximum Gasteiger partial charge on any atom is 0.411 e. The lowest BCUT2D eigenvalue weighted by Gasteiger charge is -2.31. The SMILES string of the molecule is CC(NC1CCCC(OCC(F)(F)F)C1)C(F)F. The topological polar surface area (TPSA) is 21.3 Å². The van der Waals surface area contributed by atoms with Gasteiger partial charge in [-0.25, -0.2) is 8.78 Å². The first-order chi connectivity index (χ1) is 8.28. The van der Waals surface area contributed by atoms with E-state index in [2.05, 4.69) is 5.32 Å². The Morgan fingerprint density at radius 2 is 1.94 bits per heavy atom. The first-order valence-electron chi connectivity index (χ1n) is 6.00. The molecule has 1 aliphatic rings. The van der Waals surface area contributed by atoms with Crippen molar-refractivity contribution in [2.45, 2.75) is 63.4 Å². The summed E-state index contributed by atoms with van der Waals surface area (Å²) in [7, 11) is 0. The predicted octanol–water partition coefficient (Wildman–Crippen LogP) is 3.12. The van der Waals surface area contributed by atoms with Crippen molar-refractivity contribution >= 4 is 0 Å². The summed E-state index contributed by atoms with van der Waals surface area (Å²) in [6.45, 7) is 0.0969. The molecule has 1 saturated carbocycles. The van der Waals surface area contributed by atoms with E-state index in [1.54, 1.807) is 0 Å². The minimum absolute atomic E-state index is 0.194. The zero-order chi connectivity index (χ0) is 13.8. The number of alkyl halides is 5. The lowest BCUT2D eigenvalue weighted by atomic mass is 9.92. The molecule has 3 atom stereocenters. The van der Waals surface area contributed by atoms with Gasteiger partial charge in [0.1, 0.15) is 6.61 Å². The molecule has 108 valence electrons. The van der Waals surface area contributed by atoms with E-state index in [0.29, 0.717) is 25.7 Å². The van der Waals surface area contributed by atoms with Crippen LogP contribution in [0.3, 0.4) is 0 Å². The van der Waals surface area contributed by atoms with Crippen LogP contribution in [-0.2, 0) is 4.74 Å². The molecule has 0 spiro atoms. The van der Waals surface area contributed by atoms with Crippen LogP contribution >= 0.6 is 0 Å². The third-order valence-electron chi connectivity index (χ3n) is 2.99. The molecule has 0 saturated heterocycles. The predicted molar refractivity (Wildman–Crippen MR) is 56.7 cm³/mol. The lowest BCUT2D eigenvalue weighted by Crippen LogP contribution is -2.44. The van der Waals surface area contributed by atoms with E-state index < -0.39 is 31.4 Å².